The molecule has 6 heteroatoms. The molecular weight excluding hydrogens is 382 g/mol. The van der Waals surface area contributed by atoms with E-state index in [1.807, 2.05) is 38.1 Å². The second kappa shape index (κ2) is 7.11. The molecule has 0 saturated carbocycles. The molecule has 0 saturated heterocycles. The number of benzene rings is 2. The Kier molecular flexibility index (Phi) is 4.90. The number of carbonyl (C=O) groups is 1. The summed E-state index contributed by atoms with van der Waals surface area (Å²) < 4.78 is 2.52. The van der Waals surface area contributed by atoms with Gasteiger partial charge in [0.05, 0.1) is 11.7 Å². The molecule has 25 heavy (non-hydrogen) atoms. The summed E-state index contributed by atoms with van der Waals surface area (Å²) in [6.45, 7) is 3.78. The van der Waals surface area contributed by atoms with Gasteiger partial charge in [0.1, 0.15) is 0 Å². The van der Waals surface area contributed by atoms with Crippen molar-refractivity contribution in [1.29, 1.82) is 0 Å². The highest BCUT2D eigenvalue weighted by molar-refractivity contribution is 9.10. The van der Waals surface area contributed by atoms with Crippen LogP contribution in [0.15, 0.2) is 64.0 Å². The zero-order valence-electron chi connectivity index (χ0n) is 13.9. The molecule has 1 unspecified atom stereocenters. The van der Waals surface area contributed by atoms with Crippen LogP contribution in [0.2, 0.25) is 0 Å². The summed E-state index contributed by atoms with van der Waals surface area (Å²) in [6, 6.07) is 14.6. The molecule has 0 radical (unpaired) electrons. The van der Waals surface area contributed by atoms with Gasteiger partial charge in [-0.3, -0.25) is 9.36 Å². The van der Waals surface area contributed by atoms with Crippen LogP contribution in [0.5, 0.6) is 0 Å². The van der Waals surface area contributed by atoms with E-state index < -0.39 is 0 Å². The van der Waals surface area contributed by atoms with Crippen molar-refractivity contribution in [2.24, 2.45) is 0 Å². The predicted octanol–water partition coefficient (Wildman–Crippen LogP) is 3.73. The molecule has 3 rings (SSSR count). The van der Waals surface area contributed by atoms with Crippen molar-refractivity contribution in [3.05, 3.63) is 86.5 Å². The predicted molar refractivity (Wildman–Crippen MR) is 101 cm³/mol. The normalized spacial score (nSPS) is 12.0. The Morgan fingerprint density at radius 1 is 1.16 bits per heavy atom. The molecule has 0 aliphatic rings. The fourth-order valence-electron chi connectivity index (χ4n) is 2.72. The molecule has 0 fully saturated rings. The van der Waals surface area contributed by atoms with Gasteiger partial charge in [-0.1, -0.05) is 34.1 Å². The number of aromatic nitrogens is 2. The summed E-state index contributed by atoms with van der Waals surface area (Å²) in [7, 11) is 0. The summed E-state index contributed by atoms with van der Waals surface area (Å²) in [5.41, 5.74) is 2.90. The molecule has 0 spiro atoms. The largest absolute Gasteiger partial charge is 0.345 e. The number of H-pyrrole nitrogens is 1. The molecule has 0 bridgehead atoms. The number of imidazole rings is 1. The summed E-state index contributed by atoms with van der Waals surface area (Å²) in [4.78, 5) is 26.9. The zero-order chi connectivity index (χ0) is 18.0. The number of amides is 1. The van der Waals surface area contributed by atoms with Crippen LogP contribution in [0.4, 0.5) is 0 Å². The monoisotopic (exact) mass is 399 g/mol. The molecule has 1 atom stereocenters. The zero-order valence-corrected chi connectivity index (χ0v) is 15.5. The van der Waals surface area contributed by atoms with Crippen LogP contribution in [-0.2, 0) is 0 Å². The molecule has 0 aliphatic carbocycles. The number of hydrogen-bond acceptors (Lipinski definition) is 2. The van der Waals surface area contributed by atoms with Crippen LogP contribution in [0, 0.1) is 6.92 Å². The third-order valence-electron chi connectivity index (χ3n) is 4.07. The molecule has 1 aromatic heterocycles. The lowest BCUT2D eigenvalue weighted by Crippen LogP contribution is -2.27. The standard InChI is InChI=1S/C19H18BrN3O2/c1-12-11-21-19(25)23(12)15-9-7-14(8-10-15)18(24)22-13(2)16-5-3-4-6-17(16)20/h3-11,13H,1-2H3,(H,21,25)(H,22,24). The highest BCUT2D eigenvalue weighted by Crippen LogP contribution is 2.23. The average molecular weight is 400 g/mol. The Morgan fingerprint density at radius 3 is 2.44 bits per heavy atom. The van der Waals surface area contributed by atoms with Gasteiger partial charge in [0, 0.05) is 21.9 Å². The summed E-state index contributed by atoms with van der Waals surface area (Å²) in [5, 5.41) is 2.99. The van der Waals surface area contributed by atoms with Crippen molar-refractivity contribution in [3.8, 4) is 5.69 Å². The number of nitrogens with zero attached hydrogens (tertiary/aromatic N) is 1. The molecule has 2 aromatic carbocycles. The minimum Gasteiger partial charge on any atom is -0.345 e. The number of carbonyl (C=O) groups excluding carboxylic acids is 1. The van der Waals surface area contributed by atoms with Crippen LogP contribution in [-0.4, -0.2) is 15.5 Å². The van der Waals surface area contributed by atoms with E-state index >= 15 is 0 Å². The van der Waals surface area contributed by atoms with E-state index in [1.165, 1.54) is 0 Å². The van der Waals surface area contributed by atoms with Crippen LogP contribution in [0.25, 0.3) is 5.69 Å². The number of halogens is 1. The maximum atomic E-state index is 12.5. The van der Waals surface area contributed by atoms with Gasteiger partial charge in [-0.2, -0.15) is 0 Å². The minimum atomic E-state index is -0.197. The van der Waals surface area contributed by atoms with Gasteiger partial charge in [0.15, 0.2) is 0 Å². The number of nitrogens with one attached hydrogen (secondary N) is 2. The SMILES string of the molecule is Cc1c[nH]c(=O)n1-c1ccc(C(=O)NC(C)c2ccccc2Br)cc1. The first kappa shape index (κ1) is 17.2. The Morgan fingerprint density at radius 2 is 1.84 bits per heavy atom. The smallest absolute Gasteiger partial charge is 0.330 e. The molecule has 5 nitrogen and oxygen atoms in total. The Balaban J connectivity index is 1.77. The van der Waals surface area contributed by atoms with E-state index in [4.69, 9.17) is 0 Å². The molecular formula is C19H18BrN3O2. The van der Waals surface area contributed by atoms with Gasteiger partial charge in [-0.15, -0.1) is 0 Å². The first-order valence-electron chi connectivity index (χ1n) is 7.90. The van der Waals surface area contributed by atoms with E-state index in [0.29, 0.717) is 5.56 Å². The number of aryl methyl sites for hydroxylation is 1. The first-order chi connectivity index (χ1) is 12.0. The maximum Gasteiger partial charge on any atom is 0.330 e. The van der Waals surface area contributed by atoms with Gasteiger partial charge < -0.3 is 10.3 Å². The van der Waals surface area contributed by atoms with E-state index in [0.717, 1.165) is 21.4 Å². The van der Waals surface area contributed by atoms with Crippen LogP contribution in [0.3, 0.4) is 0 Å². The topological polar surface area (TPSA) is 66.9 Å². The average Bonchev–Trinajstić information content (AvgIpc) is 2.94. The number of hydrogen-bond donors (Lipinski definition) is 2. The minimum absolute atomic E-state index is 0.128. The highest BCUT2D eigenvalue weighted by Gasteiger charge is 2.14. The van der Waals surface area contributed by atoms with Crippen molar-refractivity contribution in [3.63, 3.8) is 0 Å². The van der Waals surface area contributed by atoms with Gasteiger partial charge in [0.2, 0.25) is 0 Å². The summed E-state index contributed by atoms with van der Waals surface area (Å²) in [5.74, 6) is -0.159. The van der Waals surface area contributed by atoms with Crippen molar-refractivity contribution in [2.45, 2.75) is 19.9 Å². The summed E-state index contributed by atoms with van der Waals surface area (Å²) >= 11 is 3.50. The molecule has 2 N–H and O–H groups in total. The van der Waals surface area contributed by atoms with Crippen LogP contribution < -0.4 is 11.0 Å². The number of aromatic amines is 1. The molecule has 128 valence electrons. The number of rotatable bonds is 4. The van der Waals surface area contributed by atoms with Crippen molar-refractivity contribution >= 4 is 21.8 Å². The van der Waals surface area contributed by atoms with Gasteiger partial charge in [-0.25, -0.2) is 4.79 Å². The lowest BCUT2D eigenvalue weighted by atomic mass is 10.1. The second-order valence-corrected chi connectivity index (χ2v) is 6.69. The third-order valence-corrected chi connectivity index (χ3v) is 4.79. The lowest BCUT2D eigenvalue weighted by Gasteiger charge is -2.16. The second-order valence-electron chi connectivity index (χ2n) is 5.83. The molecule has 0 aliphatic heterocycles. The van der Waals surface area contributed by atoms with E-state index in [1.54, 1.807) is 35.0 Å². The Bertz CT molecular complexity index is 957. The third kappa shape index (κ3) is 3.58. The summed E-state index contributed by atoms with van der Waals surface area (Å²) in [6.07, 6.45) is 1.66. The fraction of sp³-hybridized carbons (Fsp3) is 0.158. The molecule has 1 heterocycles. The fourth-order valence-corrected chi connectivity index (χ4v) is 3.35. The maximum absolute atomic E-state index is 12.5. The van der Waals surface area contributed by atoms with Gasteiger partial charge in [0.25, 0.3) is 5.91 Å². The van der Waals surface area contributed by atoms with Gasteiger partial charge in [-0.05, 0) is 49.7 Å². The quantitative estimate of drug-likeness (QED) is 0.701. The first-order valence-corrected chi connectivity index (χ1v) is 8.69. The molecule has 1 amide bonds. The van der Waals surface area contributed by atoms with Crippen LogP contribution >= 0.6 is 15.9 Å². The highest BCUT2D eigenvalue weighted by atomic mass is 79.9. The van der Waals surface area contributed by atoms with Crippen molar-refractivity contribution in [2.75, 3.05) is 0 Å². The Hall–Kier alpha value is -2.60. The van der Waals surface area contributed by atoms with Crippen LogP contribution in [0.1, 0.15) is 34.6 Å². The van der Waals surface area contributed by atoms with E-state index in [-0.39, 0.29) is 17.6 Å². The van der Waals surface area contributed by atoms with E-state index in [2.05, 4.69) is 26.2 Å². The van der Waals surface area contributed by atoms with E-state index in [9.17, 15) is 9.59 Å². The van der Waals surface area contributed by atoms with Crippen molar-refractivity contribution in [1.82, 2.24) is 14.9 Å². The molecule has 3 aromatic rings. The van der Waals surface area contributed by atoms with Crippen molar-refractivity contribution < 1.29 is 4.79 Å². The lowest BCUT2D eigenvalue weighted by molar-refractivity contribution is 0.0940. The van der Waals surface area contributed by atoms with Gasteiger partial charge >= 0.3 is 5.69 Å². The Labute approximate surface area is 153 Å².